The summed E-state index contributed by atoms with van der Waals surface area (Å²) in [5.74, 6) is 0.733. The van der Waals surface area contributed by atoms with Crippen LogP contribution in [0.15, 0.2) is 49.1 Å². The zero-order valence-corrected chi connectivity index (χ0v) is 28.7. The van der Waals surface area contributed by atoms with Crippen molar-refractivity contribution in [3.63, 3.8) is 0 Å². The Balaban J connectivity index is 1.18. The van der Waals surface area contributed by atoms with Crippen molar-refractivity contribution in [3.8, 4) is 12.1 Å². The van der Waals surface area contributed by atoms with Crippen molar-refractivity contribution >= 4 is 39.9 Å². The second kappa shape index (κ2) is 12.6. The predicted octanol–water partition coefficient (Wildman–Crippen LogP) is 4.07. The molecule has 3 saturated heterocycles. The van der Waals surface area contributed by atoms with Crippen LogP contribution in [0.3, 0.4) is 0 Å². The maximum atomic E-state index is 12.6. The summed E-state index contributed by atoms with van der Waals surface area (Å²) in [7, 11) is 4.40. The van der Waals surface area contributed by atoms with Gasteiger partial charge in [-0.2, -0.15) is 15.2 Å². The molecule has 3 fully saturated rings. The number of ether oxygens (including phenoxy) is 1. The van der Waals surface area contributed by atoms with Gasteiger partial charge in [-0.1, -0.05) is 36.9 Å². The Morgan fingerprint density at radius 1 is 1.17 bits per heavy atom. The number of rotatable bonds is 9. The topological polar surface area (TPSA) is 92.1 Å². The lowest BCUT2D eigenvalue weighted by atomic mass is 9.99. The molecular formula is C36H44N8O2S. The number of thioether (sulfide) groups is 1. The van der Waals surface area contributed by atoms with Crippen LogP contribution in [-0.2, 0) is 17.8 Å². The van der Waals surface area contributed by atoms with E-state index in [1.54, 1.807) is 4.90 Å². The molecule has 3 atom stereocenters. The van der Waals surface area contributed by atoms with Gasteiger partial charge in [0.05, 0.1) is 40.9 Å². The molecule has 47 heavy (non-hydrogen) atoms. The smallest absolute Gasteiger partial charge is 0.318 e. The van der Waals surface area contributed by atoms with E-state index in [0.717, 1.165) is 43.1 Å². The minimum absolute atomic E-state index is 0.0462. The zero-order chi connectivity index (χ0) is 32.9. The third kappa shape index (κ3) is 5.92. The van der Waals surface area contributed by atoms with Gasteiger partial charge in [-0.25, -0.2) is 0 Å². The van der Waals surface area contributed by atoms with Gasteiger partial charge in [0.25, 0.3) is 0 Å². The number of aromatic nitrogens is 2. The molecule has 1 unspecified atom stereocenters. The van der Waals surface area contributed by atoms with Crippen molar-refractivity contribution in [3.05, 3.63) is 65.9 Å². The Bertz CT molecular complexity index is 1730. The van der Waals surface area contributed by atoms with Gasteiger partial charge in [-0.05, 0) is 57.5 Å². The van der Waals surface area contributed by atoms with Gasteiger partial charge < -0.3 is 24.3 Å². The predicted molar refractivity (Wildman–Crippen MR) is 188 cm³/mol. The summed E-state index contributed by atoms with van der Waals surface area (Å²) in [6.07, 6.45) is 2.38. The van der Waals surface area contributed by atoms with E-state index in [2.05, 4.69) is 96.6 Å². The average Bonchev–Trinajstić information content (AvgIpc) is 3.75. The van der Waals surface area contributed by atoms with E-state index >= 15 is 0 Å². The summed E-state index contributed by atoms with van der Waals surface area (Å²) in [5, 5.41) is 12.5. The SMILES string of the molecule is C=CC(=O)N1CCN(c2nc(OCC3S[C@]3(C)N(C)C3CN(C)C3)nc3c2CCN(c2cccc4cccc(C)c24)C3)C[C@@H]1CC#N. The third-order valence-electron chi connectivity index (χ3n) is 10.6. The molecule has 1 aromatic heterocycles. The highest BCUT2D eigenvalue weighted by molar-refractivity contribution is 8.08. The molecule has 0 N–H and O–H groups in total. The van der Waals surface area contributed by atoms with Gasteiger partial charge in [0.15, 0.2) is 0 Å². The molecular weight excluding hydrogens is 609 g/mol. The Morgan fingerprint density at radius 3 is 2.70 bits per heavy atom. The molecule has 0 bridgehead atoms. The second-order valence-corrected chi connectivity index (χ2v) is 15.2. The normalized spacial score (nSPS) is 24.6. The van der Waals surface area contributed by atoms with Crippen molar-refractivity contribution in [1.29, 1.82) is 5.26 Å². The van der Waals surface area contributed by atoms with Crippen LogP contribution in [0.4, 0.5) is 11.5 Å². The minimum atomic E-state index is -0.238. The molecule has 2 aromatic carbocycles. The molecule has 5 heterocycles. The number of amides is 1. The van der Waals surface area contributed by atoms with Crippen LogP contribution in [0.2, 0.25) is 0 Å². The lowest BCUT2D eigenvalue weighted by molar-refractivity contribution is -0.128. The molecule has 0 saturated carbocycles. The lowest BCUT2D eigenvalue weighted by Gasteiger charge is -2.44. The summed E-state index contributed by atoms with van der Waals surface area (Å²) in [6, 6.07) is 16.0. The summed E-state index contributed by atoms with van der Waals surface area (Å²) in [5.41, 5.74) is 4.58. The Morgan fingerprint density at radius 2 is 1.96 bits per heavy atom. The molecule has 0 aliphatic carbocycles. The zero-order valence-electron chi connectivity index (χ0n) is 27.9. The molecule has 4 aliphatic rings. The molecule has 0 spiro atoms. The van der Waals surface area contributed by atoms with E-state index in [4.69, 9.17) is 14.7 Å². The molecule has 11 heteroatoms. The maximum absolute atomic E-state index is 12.6. The van der Waals surface area contributed by atoms with Crippen molar-refractivity contribution in [2.45, 2.75) is 55.4 Å². The first kappa shape index (κ1) is 31.7. The summed E-state index contributed by atoms with van der Waals surface area (Å²) < 4.78 is 6.45. The number of nitrogens with zero attached hydrogens (tertiary/aromatic N) is 8. The second-order valence-electron chi connectivity index (χ2n) is 13.5. The molecule has 10 nitrogen and oxygen atoms in total. The number of likely N-dealkylation sites (N-methyl/N-ethyl adjacent to an activating group) is 2. The lowest BCUT2D eigenvalue weighted by Crippen LogP contribution is -2.59. The highest BCUT2D eigenvalue weighted by atomic mass is 32.2. The number of carbonyl (C=O) groups is 1. The first-order chi connectivity index (χ1) is 22.7. The van der Waals surface area contributed by atoms with E-state index in [1.165, 1.54) is 28.1 Å². The minimum Gasteiger partial charge on any atom is -0.462 e. The van der Waals surface area contributed by atoms with Crippen molar-refractivity contribution in [2.75, 3.05) is 69.8 Å². The molecule has 7 rings (SSSR count). The van der Waals surface area contributed by atoms with E-state index in [-0.39, 0.29) is 23.2 Å². The van der Waals surface area contributed by atoms with Gasteiger partial charge in [-0.3, -0.25) is 9.69 Å². The van der Waals surface area contributed by atoms with Gasteiger partial charge in [0.2, 0.25) is 5.91 Å². The van der Waals surface area contributed by atoms with Crippen LogP contribution in [0.5, 0.6) is 6.01 Å². The number of nitriles is 1. The van der Waals surface area contributed by atoms with E-state index in [9.17, 15) is 10.1 Å². The fourth-order valence-electron chi connectivity index (χ4n) is 7.60. The average molecular weight is 653 g/mol. The fraction of sp³-hybridized carbons (Fsp3) is 0.500. The largest absolute Gasteiger partial charge is 0.462 e. The summed E-state index contributed by atoms with van der Waals surface area (Å²) in [4.78, 5) is 34.1. The standard InChI is InChI=1S/C36H44N8O2S/c1-6-32(45)44-18-17-43(21-26(44)13-15-37)34-28-14-16-42(30-12-8-11-25-10-7-9-24(2)33(25)30)22-29(28)38-35(39-34)46-23-31-36(3,47-31)41(5)27-19-40(4)20-27/h6-12,26-27,31H,1,13-14,16-23H2,2-5H3/t26-,31?,36-/m0/s1. The number of hydrogen-bond acceptors (Lipinski definition) is 10. The van der Waals surface area contributed by atoms with Gasteiger partial charge in [0.1, 0.15) is 12.4 Å². The summed E-state index contributed by atoms with van der Waals surface area (Å²) in [6.45, 7) is 14.1. The highest BCUT2D eigenvalue weighted by Gasteiger charge is 2.57. The number of fused-ring (bicyclic) bond motifs is 2. The first-order valence-electron chi connectivity index (χ1n) is 16.6. The van der Waals surface area contributed by atoms with E-state index in [0.29, 0.717) is 50.1 Å². The van der Waals surface area contributed by atoms with Crippen LogP contribution >= 0.6 is 11.8 Å². The van der Waals surface area contributed by atoms with Crippen molar-refractivity contribution < 1.29 is 9.53 Å². The highest BCUT2D eigenvalue weighted by Crippen LogP contribution is 2.56. The number of hydrogen-bond donors (Lipinski definition) is 0. The molecule has 4 aliphatic heterocycles. The van der Waals surface area contributed by atoms with Gasteiger partial charge in [-0.15, -0.1) is 11.8 Å². The van der Waals surface area contributed by atoms with Crippen LogP contribution in [0, 0.1) is 18.3 Å². The Labute approximate surface area is 282 Å². The molecule has 3 aromatic rings. The number of benzene rings is 2. The summed E-state index contributed by atoms with van der Waals surface area (Å²) >= 11 is 1.95. The number of anilines is 2. The number of piperazine rings is 1. The Hall–Kier alpha value is -3.85. The molecule has 246 valence electrons. The van der Waals surface area contributed by atoms with Gasteiger partial charge in [0, 0.05) is 61.9 Å². The van der Waals surface area contributed by atoms with Crippen LogP contribution in [-0.4, -0.2) is 113 Å². The fourth-order valence-corrected chi connectivity index (χ4v) is 8.79. The number of carbonyl (C=O) groups excluding carboxylic acids is 1. The molecule has 1 amide bonds. The monoisotopic (exact) mass is 652 g/mol. The quantitative estimate of drug-likeness (QED) is 0.249. The number of likely N-dealkylation sites (tertiary alicyclic amines) is 1. The van der Waals surface area contributed by atoms with E-state index < -0.39 is 0 Å². The van der Waals surface area contributed by atoms with Crippen LogP contribution in [0.25, 0.3) is 10.8 Å². The van der Waals surface area contributed by atoms with E-state index in [1.807, 2.05) is 11.8 Å². The van der Waals surface area contributed by atoms with Gasteiger partial charge >= 0.3 is 6.01 Å². The van der Waals surface area contributed by atoms with Crippen LogP contribution in [0.1, 0.15) is 30.2 Å². The van der Waals surface area contributed by atoms with Crippen LogP contribution < -0.4 is 14.5 Å². The Kier molecular flexibility index (Phi) is 8.53. The number of aryl methyl sites for hydroxylation is 1. The first-order valence-corrected chi connectivity index (χ1v) is 17.5. The van der Waals surface area contributed by atoms with Crippen molar-refractivity contribution in [2.24, 2.45) is 0 Å². The van der Waals surface area contributed by atoms with Crippen molar-refractivity contribution in [1.82, 2.24) is 24.7 Å². The third-order valence-corrected chi connectivity index (χ3v) is 12.3. The maximum Gasteiger partial charge on any atom is 0.318 e. The molecule has 0 radical (unpaired) electrons.